The van der Waals surface area contributed by atoms with Gasteiger partial charge in [-0.3, -0.25) is 4.90 Å². The van der Waals surface area contributed by atoms with Crippen molar-refractivity contribution in [3.8, 4) is 0 Å². The second-order valence-corrected chi connectivity index (χ2v) is 5.99. The molecule has 1 aromatic rings. The summed E-state index contributed by atoms with van der Waals surface area (Å²) in [6, 6.07) is 7.43. The summed E-state index contributed by atoms with van der Waals surface area (Å²) in [5.41, 5.74) is 8.44. The van der Waals surface area contributed by atoms with Crippen molar-refractivity contribution in [3.05, 3.63) is 34.3 Å². The van der Waals surface area contributed by atoms with E-state index in [0.29, 0.717) is 12.6 Å². The zero-order valence-electron chi connectivity index (χ0n) is 12.0. The van der Waals surface area contributed by atoms with E-state index >= 15 is 0 Å². The van der Waals surface area contributed by atoms with E-state index in [9.17, 15) is 0 Å². The van der Waals surface area contributed by atoms with Crippen LogP contribution >= 0.6 is 11.6 Å². The summed E-state index contributed by atoms with van der Waals surface area (Å²) in [5.74, 6) is 0. The van der Waals surface area contributed by atoms with Crippen LogP contribution in [0.2, 0.25) is 5.02 Å². The number of hydrogen-bond donors (Lipinski definition) is 1. The SMILES string of the molecule is CCCCN(C1CC1)C(CN)c1ccc(C)c(Cl)c1. The van der Waals surface area contributed by atoms with Gasteiger partial charge in [0.05, 0.1) is 0 Å². The van der Waals surface area contributed by atoms with Gasteiger partial charge in [-0.25, -0.2) is 0 Å². The molecule has 0 radical (unpaired) electrons. The Bertz CT molecular complexity index is 415. The third-order valence-electron chi connectivity index (χ3n) is 3.99. The van der Waals surface area contributed by atoms with Gasteiger partial charge in [-0.05, 0) is 49.9 Å². The van der Waals surface area contributed by atoms with Crippen molar-refractivity contribution in [1.82, 2.24) is 4.90 Å². The van der Waals surface area contributed by atoms with Crippen molar-refractivity contribution in [2.24, 2.45) is 5.73 Å². The Morgan fingerprint density at radius 1 is 1.42 bits per heavy atom. The van der Waals surface area contributed by atoms with E-state index < -0.39 is 0 Å². The third-order valence-corrected chi connectivity index (χ3v) is 4.40. The topological polar surface area (TPSA) is 29.3 Å². The number of aryl methyl sites for hydroxylation is 1. The molecule has 1 saturated carbocycles. The largest absolute Gasteiger partial charge is 0.329 e. The molecule has 0 spiro atoms. The molecule has 1 aliphatic carbocycles. The maximum atomic E-state index is 6.26. The van der Waals surface area contributed by atoms with Gasteiger partial charge in [-0.1, -0.05) is 37.1 Å². The van der Waals surface area contributed by atoms with Crippen LogP contribution < -0.4 is 5.73 Å². The Balaban J connectivity index is 2.17. The van der Waals surface area contributed by atoms with Crippen molar-refractivity contribution in [2.45, 2.75) is 51.6 Å². The predicted octanol–water partition coefficient (Wildman–Crippen LogP) is 3.91. The fourth-order valence-electron chi connectivity index (χ4n) is 2.62. The van der Waals surface area contributed by atoms with Crippen molar-refractivity contribution in [1.29, 1.82) is 0 Å². The monoisotopic (exact) mass is 280 g/mol. The van der Waals surface area contributed by atoms with Crippen molar-refractivity contribution in [3.63, 3.8) is 0 Å². The minimum Gasteiger partial charge on any atom is -0.329 e. The summed E-state index contributed by atoms with van der Waals surface area (Å²) in [4.78, 5) is 2.59. The first-order valence-corrected chi connectivity index (χ1v) is 7.77. The van der Waals surface area contributed by atoms with Crippen molar-refractivity contribution in [2.75, 3.05) is 13.1 Å². The van der Waals surface area contributed by atoms with Crippen molar-refractivity contribution < 1.29 is 0 Å². The van der Waals surface area contributed by atoms with E-state index in [-0.39, 0.29) is 0 Å². The van der Waals surface area contributed by atoms with Crippen LogP contribution in [0.4, 0.5) is 0 Å². The lowest BCUT2D eigenvalue weighted by Crippen LogP contribution is -2.36. The lowest BCUT2D eigenvalue weighted by Gasteiger charge is -2.31. The number of hydrogen-bond acceptors (Lipinski definition) is 2. The van der Waals surface area contributed by atoms with E-state index in [4.69, 9.17) is 17.3 Å². The number of rotatable bonds is 7. The quantitative estimate of drug-likeness (QED) is 0.820. The number of halogens is 1. The number of nitrogens with two attached hydrogens (primary N) is 1. The van der Waals surface area contributed by atoms with Gasteiger partial charge in [0.15, 0.2) is 0 Å². The normalized spacial score (nSPS) is 16.9. The van der Waals surface area contributed by atoms with Gasteiger partial charge in [0.2, 0.25) is 0 Å². The molecule has 3 heteroatoms. The Morgan fingerprint density at radius 2 is 2.16 bits per heavy atom. The first-order chi connectivity index (χ1) is 9.17. The summed E-state index contributed by atoms with van der Waals surface area (Å²) in [6.45, 7) is 6.10. The molecule has 0 heterocycles. The summed E-state index contributed by atoms with van der Waals surface area (Å²) < 4.78 is 0. The molecule has 2 nitrogen and oxygen atoms in total. The van der Waals surface area contributed by atoms with Gasteiger partial charge in [0.25, 0.3) is 0 Å². The molecule has 106 valence electrons. The molecule has 1 fully saturated rings. The van der Waals surface area contributed by atoms with Crippen LogP contribution in [0, 0.1) is 6.92 Å². The lowest BCUT2D eigenvalue weighted by atomic mass is 10.0. The lowest BCUT2D eigenvalue weighted by molar-refractivity contribution is 0.188. The fraction of sp³-hybridized carbons (Fsp3) is 0.625. The molecule has 2 rings (SSSR count). The highest BCUT2D eigenvalue weighted by molar-refractivity contribution is 6.31. The van der Waals surface area contributed by atoms with Gasteiger partial charge < -0.3 is 5.73 Å². The Kier molecular flexibility index (Phi) is 5.26. The van der Waals surface area contributed by atoms with Gasteiger partial charge in [0, 0.05) is 23.7 Å². The van der Waals surface area contributed by atoms with Crippen LogP contribution in [0.5, 0.6) is 0 Å². The maximum Gasteiger partial charge on any atom is 0.0473 e. The molecule has 1 atom stereocenters. The van der Waals surface area contributed by atoms with Crippen LogP contribution in [0.1, 0.15) is 49.8 Å². The zero-order chi connectivity index (χ0) is 13.8. The molecule has 1 aromatic carbocycles. The highest BCUT2D eigenvalue weighted by atomic mass is 35.5. The molecule has 19 heavy (non-hydrogen) atoms. The van der Waals surface area contributed by atoms with Crippen LogP contribution in [-0.4, -0.2) is 24.0 Å². The summed E-state index contributed by atoms with van der Waals surface area (Å²) >= 11 is 6.26. The van der Waals surface area contributed by atoms with Crippen LogP contribution in [0.25, 0.3) is 0 Å². The standard InChI is InChI=1S/C16H25ClN2/c1-3-4-9-19(14-7-8-14)16(11-18)13-6-5-12(2)15(17)10-13/h5-6,10,14,16H,3-4,7-9,11,18H2,1-2H3. The second-order valence-electron chi connectivity index (χ2n) is 5.58. The fourth-order valence-corrected chi connectivity index (χ4v) is 2.81. The minimum atomic E-state index is 0.317. The Morgan fingerprint density at radius 3 is 2.68 bits per heavy atom. The van der Waals surface area contributed by atoms with E-state index in [1.165, 1.54) is 31.2 Å². The van der Waals surface area contributed by atoms with Crippen LogP contribution in [-0.2, 0) is 0 Å². The molecule has 1 aliphatic rings. The molecular formula is C16H25ClN2. The van der Waals surface area contributed by atoms with Crippen molar-refractivity contribution >= 4 is 11.6 Å². The molecule has 2 N–H and O–H groups in total. The van der Waals surface area contributed by atoms with E-state index in [0.717, 1.165) is 23.2 Å². The number of unbranched alkanes of at least 4 members (excludes halogenated alkanes) is 1. The summed E-state index contributed by atoms with van der Waals surface area (Å²) in [6.07, 6.45) is 5.11. The van der Waals surface area contributed by atoms with E-state index in [1.807, 2.05) is 6.92 Å². The summed E-state index contributed by atoms with van der Waals surface area (Å²) in [5, 5.41) is 0.849. The summed E-state index contributed by atoms with van der Waals surface area (Å²) in [7, 11) is 0. The molecule has 1 unspecified atom stereocenters. The van der Waals surface area contributed by atoms with Gasteiger partial charge >= 0.3 is 0 Å². The van der Waals surface area contributed by atoms with Gasteiger partial charge in [-0.15, -0.1) is 0 Å². The first-order valence-electron chi connectivity index (χ1n) is 7.39. The first kappa shape index (κ1) is 14.8. The molecular weight excluding hydrogens is 256 g/mol. The van der Waals surface area contributed by atoms with Gasteiger partial charge in [0.1, 0.15) is 0 Å². The van der Waals surface area contributed by atoms with E-state index in [1.54, 1.807) is 0 Å². The van der Waals surface area contributed by atoms with Gasteiger partial charge in [-0.2, -0.15) is 0 Å². The molecule has 0 saturated heterocycles. The molecule has 0 amide bonds. The Labute approximate surface area is 121 Å². The zero-order valence-corrected chi connectivity index (χ0v) is 12.8. The van der Waals surface area contributed by atoms with Crippen LogP contribution in [0.3, 0.4) is 0 Å². The number of nitrogens with zero attached hydrogens (tertiary/aromatic N) is 1. The predicted molar refractivity (Wildman–Crippen MR) is 82.6 cm³/mol. The average Bonchev–Trinajstić information content (AvgIpc) is 3.22. The van der Waals surface area contributed by atoms with Crippen LogP contribution in [0.15, 0.2) is 18.2 Å². The smallest absolute Gasteiger partial charge is 0.0473 e. The minimum absolute atomic E-state index is 0.317. The highest BCUT2D eigenvalue weighted by Crippen LogP contribution is 2.35. The Hall–Kier alpha value is -0.570. The molecule has 0 aromatic heterocycles. The second kappa shape index (κ2) is 6.74. The average molecular weight is 281 g/mol. The maximum absolute atomic E-state index is 6.26. The number of benzene rings is 1. The third kappa shape index (κ3) is 3.71. The highest BCUT2D eigenvalue weighted by Gasteiger charge is 2.33. The molecule has 0 bridgehead atoms. The molecule has 0 aliphatic heterocycles. The van der Waals surface area contributed by atoms with E-state index in [2.05, 4.69) is 30.0 Å².